The fourth-order valence-electron chi connectivity index (χ4n) is 2.58. The minimum Gasteiger partial charge on any atom is -0.317 e. The molecule has 0 unspecified atom stereocenters. The Morgan fingerprint density at radius 3 is 2.33 bits per heavy atom. The van der Waals surface area contributed by atoms with Crippen molar-refractivity contribution < 1.29 is 21.6 Å². The lowest BCUT2D eigenvalue weighted by atomic mass is 9.90. The number of hydrogen-bond donors (Lipinski definition) is 1. The van der Waals surface area contributed by atoms with Gasteiger partial charge in [0, 0.05) is 6.26 Å². The number of benzene rings is 1. The van der Waals surface area contributed by atoms with E-state index in [1.54, 1.807) is 0 Å². The lowest BCUT2D eigenvalue weighted by Gasteiger charge is -2.23. The molecule has 118 valence electrons. The Labute approximate surface area is 122 Å². The molecule has 1 aliphatic rings. The van der Waals surface area contributed by atoms with Gasteiger partial charge in [0.15, 0.2) is 9.84 Å². The SMILES string of the molecule is CS(=O)(=O)c1cc(CC2CCNCC2)cc(C(F)(F)F)c1. The van der Waals surface area contributed by atoms with Gasteiger partial charge in [0.05, 0.1) is 10.5 Å². The van der Waals surface area contributed by atoms with Crippen molar-refractivity contribution in [3.05, 3.63) is 29.3 Å². The van der Waals surface area contributed by atoms with Gasteiger partial charge in [0.25, 0.3) is 0 Å². The number of piperidine rings is 1. The summed E-state index contributed by atoms with van der Waals surface area (Å²) in [7, 11) is -3.66. The Morgan fingerprint density at radius 2 is 1.81 bits per heavy atom. The highest BCUT2D eigenvalue weighted by molar-refractivity contribution is 7.90. The minimum absolute atomic E-state index is 0.263. The quantitative estimate of drug-likeness (QED) is 0.931. The zero-order valence-electron chi connectivity index (χ0n) is 11.7. The van der Waals surface area contributed by atoms with Crippen LogP contribution in [0.3, 0.4) is 0 Å². The first kappa shape index (κ1) is 16.3. The first-order chi connectivity index (χ1) is 9.66. The van der Waals surface area contributed by atoms with Crippen molar-refractivity contribution in [3.8, 4) is 0 Å². The molecule has 0 bridgehead atoms. The summed E-state index contributed by atoms with van der Waals surface area (Å²) in [5.41, 5.74) is -0.452. The molecule has 3 nitrogen and oxygen atoms in total. The number of alkyl halides is 3. The lowest BCUT2D eigenvalue weighted by Crippen LogP contribution is -2.28. The standard InChI is InChI=1S/C14H18F3NO2S/c1-21(19,20)13-8-11(6-10-2-4-18-5-3-10)7-12(9-13)14(15,16)17/h7-10,18H,2-6H2,1H3. The van der Waals surface area contributed by atoms with Crippen molar-refractivity contribution in [2.45, 2.75) is 30.3 Å². The third-order valence-corrected chi connectivity index (χ3v) is 4.80. The summed E-state index contributed by atoms with van der Waals surface area (Å²) in [6.07, 6.45) is -1.34. The summed E-state index contributed by atoms with van der Waals surface area (Å²) in [5, 5.41) is 3.20. The van der Waals surface area contributed by atoms with Crippen LogP contribution in [0.5, 0.6) is 0 Å². The first-order valence-electron chi connectivity index (χ1n) is 6.78. The van der Waals surface area contributed by atoms with Crippen LogP contribution >= 0.6 is 0 Å². The smallest absolute Gasteiger partial charge is 0.317 e. The molecule has 1 aromatic carbocycles. The monoisotopic (exact) mass is 321 g/mol. The molecule has 1 saturated heterocycles. The first-order valence-corrected chi connectivity index (χ1v) is 8.67. The lowest BCUT2D eigenvalue weighted by molar-refractivity contribution is -0.137. The van der Waals surface area contributed by atoms with Gasteiger partial charge in [-0.1, -0.05) is 0 Å². The maximum absolute atomic E-state index is 12.9. The van der Waals surface area contributed by atoms with Gasteiger partial charge in [-0.3, -0.25) is 0 Å². The third-order valence-electron chi connectivity index (χ3n) is 3.70. The number of rotatable bonds is 3. The van der Waals surface area contributed by atoms with E-state index in [-0.39, 0.29) is 4.90 Å². The van der Waals surface area contributed by atoms with Crippen molar-refractivity contribution in [2.75, 3.05) is 19.3 Å². The number of nitrogens with one attached hydrogen (secondary N) is 1. The van der Waals surface area contributed by atoms with Crippen LogP contribution in [0.4, 0.5) is 13.2 Å². The van der Waals surface area contributed by atoms with Crippen LogP contribution in [0.15, 0.2) is 23.1 Å². The molecule has 1 aliphatic heterocycles. The summed E-state index contributed by atoms with van der Waals surface area (Å²) in [5.74, 6) is 0.294. The molecule has 1 aromatic rings. The van der Waals surface area contributed by atoms with Crippen molar-refractivity contribution >= 4 is 9.84 Å². The highest BCUT2D eigenvalue weighted by atomic mass is 32.2. The Hall–Kier alpha value is -1.08. The van der Waals surface area contributed by atoms with Crippen LogP contribution in [-0.4, -0.2) is 27.8 Å². The molecule has 2 rings (SSSR count). The van der Waals surface area contributed by atoms with E-state index in [0.717, 1.165) is 38.3 Å². The van der Waals surface area contributed by atoms with E-state index < -0.39 is 21.6 Å². The van der Waals surface area contributed by atoms with Gasteiger partial charge in [-0.2, -0.15) is 13.2 Å². The van der Waals surface area contributed by atoms with Gasteiger partial charge < -0.3 is 5.32 Å². The van der Waals surface area contributed by atoms with Crippen LogP contribution < -0.4 is 5.32 Å². The molecule has 7 heteroatoms. The number of halogens is 3. The molecule has 0 amide bonds. The van der Waals surface area contributed by atoms with Crippen LogP contribution in [0.1, 0.15) is 24.0 Å². The normalized spacial score (nSPS) is 17.9. The molecule has 0 aromatic heterocycles. The second kappa shape index (κ2) is 5.96. The Morgan fingerprint density at radius 1 is 1.19 bits per heavy atom. The number of hydrogen-bond acceptors (Lipinski definition) is 3. The summed E-state index contributed by atoms with van der Waals surface area (Å²) in [6.45, 7) is 1.70. The average Bonchev–Trinajstić information content (AvgIpc) is 2.37. The van der Waals surface area contributed by atoms with E-state index in [0.29, 0.717) is 24.0 Å². The highest BCUT2D eigenvalue weighted by Gasteiger charge is 2.32. The van der Waals surface area contributed by atoms with E-state index in [1.165, 1.54) is 6.07 Å². The maximum atomic E-state index is 12.9. The molecule has 1 fully saturated rings. The van der Waals surface area contributed by atoms with Crippen molar-refractivity contribution in [1.29, 1.82) is 0 Å². The van der Waals surface area contributed by atoms with E-state index in [2.05, 4.69) is 5.32 Å². The van der Waals surface area contributed by atoms with Gasteiger partial charge in [0.2, 0.25) is 0 Å². The molecule has 1 N–H and O–H groups in total. The zero-order valence-corrected chi connectivity index (χ0v) is 12.5. The molecule has 1 heterocycles. The second-order valence-corrected chi connectivity index (χ2v) is 7.55. The van der Waals surface area contributed by atoms with Crippen LogP contribution in [-0.2, 0) is 22.4 Å². The van der Waals surface area contributed by atoms with Gasteiger partial charge in [0.1, 0.15) is 0 Å². The molecule has 0 aliphatic carbocycles. The molecule has 0 saturated carbocycles. The highest BCUT2D eigenvalue weighted by Crippen LogP contribution is 2.32. The zero-order chi connectivity index (χ0) is 15.7. The van der Waals surface area contributed by atoms with Crippen LogP contribution in [0, 0.1) is 5.92 Å². The minimum atomic E-state index is -4.54. The van der Waals surface area contributed by atoms with Crippen LogP contribution in [0.25, 0.3) is 0 Å². The average molecular weight is 321 g/mol. The second-order valence-electron chi connectivity index (χ2n) is 5.53. The number of sulfone groups is 1. The van der Waals surface area contributed by atoms with Crippen LogP contribution in [0.2, 0.25) is 0 Å². The van der Waals surface area contributed by atoms with Gasteiger partial charge in [-0.25, -0.2) is 8.42 Å². The molecular formula is C14H18F3NO2S. The largest absolute Gasteiger partial charge is 0.416 e. The third kappa shape index (κ3) is 4.44. The van der Waals surface area contributed by atoms with Gasteiger partial charge in [-0.05, 0) is 62.0 Å². The van der Waals surface area contributed by atoms with Gasteiger partial charge >= 0.3 is 6.18 Å². The fraction of sp³-hybridized carbons (Fsp3) is 0.571. The summed E-state index contributed by atoms with van der Waals surface area (Å²) in [4.78, 5) is -0.263. The van der Waals surface area contributed by atoms with Crippen molar-refractivity contribution in [1.82, 2.24) is 5.32 Å². The Bertz CT molecular complexity index is 605. The van der Waals surface area contributed by atoms with E-state index in [9.17, 15) is 21.6 Å². The molecule has 0 radical (unpaired) electrons. The van der Waals surface area contributed by atoms with E-state index in [4.69, 9.17) is 0 Å². The predicted octanol–water partition coefficient (Wildman–Crippen LogP) is 2.65. The van der Waals surface area contributed by atoms with E-state index in [1.807, 2.05) is 0 Å². The summed E-state index contributed by atoms with van der Waals surface area (Å²) >= 11 is 0. The predicted molar refractivity (Wildman–Crippen MR) is 73.9 cm³/mol. The van der Waals surface area contributed by atoms with Crippen molar-refractivity contribution in [2.24, 2.45) is 5.92 Å². The summed E-state index contributed by atoms with van der Waals surface area (Å²) < 4.78 is 61.9. The van der Waals surface area contributed by atoms with E-state index >= 15 is 0 Å². The fourth-order valence-corrected chi connectivity index (χ4v) is 3.28. The molecule has 0 atom stereocenters. The molecule has 0 spiro atoms. The Balaban J connectivity index is 2.35. The molecular weight excluding hydrogens is 303 g/mol. The van der Waals surface area contributed by atoms with Crippen molar-refractivity contribution in [3.63, 3.8) is 0 Å². The maximum Gasteiger partial charge on any atom is 0.416 e. The topological polar surface area (TPSA) is 46.2 Å². The summed E-state index contributed by atoms with van der Waals surface area (Å²) in [6, 6.07) is 3.14. The van der Waals surface area contributed by atoms with Gasteiger partial charge in [-0.15, -0.1) is 0 Å². The Kier molecular flexibility index (Phi) is 4.63. The molecule has 21 heavy (non-hydrogen) atoms.